The van der Waals surface area contributed by atoms with E-state index < -0.39 is 0 Å². The number of amides is 1. The maximum Gasteiger partial charge on any atom is 0.412 e. The van der Waals surface area contributed by atoms with E-state index in [1.54, 1.807) is 0 Å². The van der Waals surface area contributed by atoms with Gasteiger partial charge in [0.2, 0.25) is 0 Å². The summed E-state index contributed by atoms with van der Waals surface area (Å²) in [7, 11) is 4.06. The topological polar surface area (TPSA) is 41.6 Å². The molecule has 3 atom stereocenters. The molecule has 0 bridgehead atoms. The van der Waals surface area contributed by atoms with Gasteiger partial charge in [-0.15, -0.1) is 0 Å². The van der Waals surface area contributed by atoms with Crippen LogP contribution in [0.4, 0.5) is 4.79 Å². The molecule has 1 fully saturated rings. The molecule has 1 aliphatic carbocycles. The fourth-order valence-corrected chi connectivity index (χ4v) is 2.85. The average Bonchev–Trinajstić information content (AvgIpc) is 3.34. The average molecular weight is 324 g/mol. The van der Waals surface area contributed by atoms with Gasteiger partial charge in [0.1, 0.15) is 5.75 Å². The zero-order valence-electron chi connectivity index (χ0n) is 14.4. The fraction of sp³-hybridized carbons (Fsp3) is 0.350. The van der Waals surface area contributed by atoms with Crippen LogP contribution >= 0.6 is 0 Å². The van der Waals surface area contributed by atoms with Crippen molar-refractivity contribution in [3.63, 3.8) is 0 Å². The SMILES string of the molecule is CC(c1cccc(OC(=O)NC2CC2c2ccccc2)c1)N(C)C. The van der Waals surface area contributed by atoms with E-state index in [-0.39, 0.29) is 18.2 Å². The minimum Gasteiger partial charge on any atom is -0.410 e. The van der Waals surface area contributed by atoms with Crippen molar-refractivity contribution in [3.8, 4) is 5.75 Å². The van der Waals surface area contributed by atoms with Crippen molar-refractivity contribution in [1.82, 2.24) is 10.2 Å². The molecule has 0 heterocycles. The van der Waals surface area contributed by atoms with E-state index >= 15 is 0 Å². The van der Waals surface area contributed by atoms with E-state index in [9.17, 15) is 4.79 Å². The predicted octanol–water partition coefficient (Wildman–Crippen LogP) is 3.95. The standard InChI is InChI=1S/C20H24N2O2/c1-14(22(2)3)16-10-7-11-17(12-16)24-20(23)21-19-13-18(19)15-8-5-4-6-9-15/h4-12,14,18-19H,13H2,1-3H3,(H,21,23). The molecule has 1 N–H and O–H groups in total. The first-order valence-electron chi connectivity index (χ1n) is 8.34. The van der Waals surface area contributed by atoms with Crippen LogP contribution in [-0.4, -0.2) is 31.1 Å². The van der Waals surface area contributed by atoms with Crippen LogP contribution in [0.25, 0.3) is 0 Å². The van der Waals surface area contributed by atoms with Crippen molar-refractivity contribution in [3.05, 3.63) is 65.7 Å². The molecule has 0 saturated heterocycles. The predicted molar refractivity (Wildman–Crippen MR) is 95.3 cm³/mol. The zero-order valence-corrected chi connectivity index (χ0v) is 14.4. The third kappa shape index (κ3) is 3.95. The van der Waals surface area contributed by atoms with Crippen LogP contribution in [0.3, 0.4) is 0 Å². The molecule has 2 aromatic carbocycles. The molecule has 0 aliphatic heterocycles. The molecule has 1 amide bonds. The Balaban J connectivity index is 1.55. The summed E-state index contributed by atoms with van der Waals surface area (Å²) in [6.45, 7) is 2.12. The monoisotopic (exact) mass is 324 g/mol. The van der Waals surface area contributed by atoms with Gasteiger partial charge in [-0.1, -0.05) is 42.5 Å². The number of carbonyl (C=O) groups excluding carboxylic acids is 1. The van der Waals surface area contributed by atoms with E-state index in [0.717, 1.165) is 12.0 Å². The number of nitrogens with zero attached hydrogens (tertiary/aromatic N) is 1. The molecular formula is C20H24N2O2. The second kappa shape index (κ2) is 7.05. The molecule has 1 aliphatic rings. The Kier molecular flexibility index (Phi) is 4.86. The number of rotatable bonds is 5. The van der Waals surface area contributed by atoms with Crippen LogP contribution in [0, 0.1) is 0 Å². The summed E-state index contributed by atoms with van der Waals surface area (Å²) in [6, 6.07) is 18.4. The Bertz CT molecular complexity index is 700. The maximum atomic E-state index is 12.1. The highest BCUT2D eigenvalue weighted by molar-refractivity contribution is 5.71. The van der Waals surface area contributed by atoms with Crippen molar-refractivity contribution in [1.29, 1.82) is 0 Å². The second-order valence-corrected chi connectivity index (χ2v) is 6.61. The van der Waals surface area contributed by atoms with E-state index in [2.05, 4.69) is 29.3 Å². The second-order valence-electron chi connectivity index (χ2n) is 6.61. The van der Waals surface area contributed by atoms with Crippen molar-refractivity contribution in [2.24, 2.45) is 0 Å². The van der Waals surface area contributed by atoms with Crippen LogP contribution in [0.5, 0.6) is 5.75 Å². The third-order valence-corrected chi connectivity index (χ3v) is 4.65. The Hall–Kier alpha value is -2.33. The number of nitrogens with one attached hydrogen (secondary N) is 1. The van der Waals surface area contributed by atoms with E-state index in [1.165, 1.54) is 5.56 Å². The van der Waals surface area contributed by atoms with Crippen molar-refractivity contribution < 1.29 is 9.53 Å². The Morgan fingerprint density at radius 1 is 1.17 bits per heavy atom. The van der Waals surface area contributed by atoms with Crippen molar-refractivity contribution >= 4 is 6.09 Å². The lowest BCUT2D eigenvalue weighted by Gasteiger charge is -2.20. The van der Waals surface area contributed by atoms with Gasteiger partial charge in [-0.25, -0.2) is 4.79 Å². The number of ether oxygens (including phenoxy) is 1. The van der Waals surface area contributed by atoms with E-state index in [0.29, 0.717) is 11.7 Å². The minimum atomic E-state index is -0.381. The van der Waals surface area contributed by atoms with Crippen molar-refractivity contribution in [2.45, 2.75) is 31.3 Å². The normalized spacial score (nSPS) is 20.5. The summed E-state index contributed by atoms with van der Waals surface area (Å²) >= 11 is 0. The summed E-state index contributed by atoms with van der Waals surface area (Å²) in [4.78, 5) is 14.2. The Labute approximate surface area is 143 Å². The highest BCUT2D eigenvalue weighted by Crippen LogP contribution is 2.40. The lowest BCUT2D eigenvalue weighted by molar-refractivity contribution is 0.199. The molecule has 2 aromatic rings. The van der Waals surface area contributed by atoms with Gasteiger partial charge in [-0.3, -0.25) is 0 Å². The number of hydrogen-bond donors (Lipinski definition) is 1. The van der Waals surface area contributed by atoms with Crippen LogP contribution in [0.1, 0.15) is 36.4 Å². The van der Waals surface area contributed by atoms with Gasteiger partial charge < -0.3 is 15.0 Å². The fourth-order valence-electron chi connectivity index (χ4n) is 2.85. The number of carbonyl (C=O) groups is 1. The number of hydrogen-bond acceptors (Lipinski definition) is 3. The summed E-state index contributed by atoms with van der Waals surface area (Å²) in [5, 5.41) is 2.95. The van der Waals surface area contributed by atoms with Crippen LogP contribution < -0.4 is 10.1 Å². The molecule has 0 spiro atoms. The third-order valence-electron chi connectivity index (χ3n) is 4.65. The van der Waals surface area contributed by atoms with E-state index in [4.69, 9.17) is 4.74 Å². The van der Waals surface area contributed by atoms with Crippen LogP contribution in [0.15, 0.2) is 54.6 Å². The largest absolute Gasteiger partial charge is 0.412 e. The molecule has 0 radical (unpaired) electrons. The molecule has 3 unspecified atom stereocenters. The minimum absolute atomic E-state index is 0.170. The molecule has 126 valence electrons. The van der Waals surface area contributed by atoms with Gasteiger partial charge in [-0.05, 0) is 50.7 Å². The lowest BCUT2D eigenvalue weighted by atomic mass is 10.1. The molecule has 3 rings (SSSR count). The summed E-state index contributed by atoms with van der Waals surface area (Å²) in [5.41, 5.74) is 2.39. The molecular weight excluding hydrogens is 300 g/mol. The van der Waals surface area contributed by atoms with Gasteiger partial charge in [0.15, 0.2) is 0 Å². The van der Waals surface area contributed by atoms with Gasteiger partial charge in [0.05, 0.1) is 0 Å². The lowest BCUT2D eigenvalue weighted by Crippen LogP contribution is -2.29. The van der Waals surface area contributed by atoms with Gasteiger partial charge in [-0.2, -0.15) is 0 Å². The molecule has 24 heavy (non-hydrogen) atoms. The van der Waals surface area contributed by atoms with Gasteiger partial charge in [0, 0.05) is 18.0 Å². The Morgan fingerprint density at radius 2 is 1.92 bits per heavy atom. The molecule has 0 aromatic heterocycles. The van der Waals surface area contributed by atoms with Gasteiger partial charge >= 0.3 is 6.09 Å². The Morgan fingerprint density at radius 3 is 2.62 bits per heavy atom. The number of benzene rings is 2. The smallest absolute Gasteiger partial charge is 0.410 e. The van der Waals surface area contributed by atoms with E-state index in [1.807, 2.05) is 56.6 Å². The quantitative estimate of drug-likeness (QED) is 0.905. The first kappa shape index (κ1) is 16.5. The summed E-state index contributed by atoms with van der Waals surface area (Å²) < 4.78 is 5.45. The molecule has 4 heteroatoms. The van der Waals surface area contributed by atoms with Crippen molar-refractivity contribution in [2.75, 3.05) is 14.1 Å². The zero-order chi connectivity index (χ0) is 17.1. The first-order chi connectivity index (χ1) is 11.5. The summed E-state index contributed by atoms with van der Waals surface area (Å²) in [5.74, 6) is 0.981. The van der Waals surface area contributed by atoms with Gasteiger partial charge in [0.25, 0.3) is 0 Å². The molecule has 1 saturated carbocycles. The highest BCUT2D eigenvalue weighted by atomic mass is 16.6. The van der Waals surface area contributed by atoms with Crippen LogP contribution in [-0.2, 0) is 0 Å². The first-order valence-corrected chi connectivity index (χ1v) is 8.34. The highest BCUT2D eigenvalue weighted by Gasteiger charge is 2.39. The van der Waals surface area contributed by atoms with Crippen LogP contribution in [0.2, 0.25) is 0 Å². The molecule has 4 nitrogen and oxygen atoms in total. The maximum absolute atomic E-state index is 12.1. The summed E-state index contributed by atoms with van der Waals surface area (Å²) in [6.07, 6.45) is 0.588.